The van der Waals surface area contributed by atoms with Crippen LogP contribution in [0.4, 0.5) is 0 Å². The van der Waals surface area contributed by atoms with Crippen molar-refractivity contribution in [2.75, 3.05) is 24.7 Å². The summed E-state index contributed by atoms with van der Waals surface area (Å²) < 4.78 is 9.74. The zero-order chi connectivity index (χ0) is 26.7. The molecule has 3 heterocycles. The van der Waals surface area contributed by atoms with E-state index in [1.54, 1.807) is 0 Å². The van der Waals surface area contributed by atoms with Crippen molar-refractivity contribution in [3.05, 3.63) is 22.5 Å². The van der Waals surface area contributed by atoms with E-state index in [1.807, 2.05) is 0 Å². The summed E-state index contributed by atoms with van der Waals surface area (Å²) in [4.78, 5) is 72.1. The summed E-state index contributed by atoms with van der Waals surface area (Å²) in [6, 6.07) is -2.30. The van der Waals surface area contributed by atoms with Gasteiger partial charge in [0, 0.05) is 36.5 Å². The molecule has 4 atom stereocenters. The first-order valence-electron chi connectivity index (χ1n) is 10.5. The highest BCUT2D eigenvalue weighted by atomic mass is 32.2. The molecule has 196 valence electrons. The highest BCUT2D eigenvalue weighted by Gasteiger charge is 2.54. The molecular weight excluding hydrogens is 520 g/mol. The van der Waals surface area contributed by atoms with E-state index in [0.717, 1.165) is 16.7 Å². The van der Waals surface area contributed by atoms with Gasteiger partial charge in [0.15, 0.2) is 0 Å². The van der Waals surface area contributed by atoms with Gasteiger partial charge in [0.2, 0.25) is 5.91 Å². The molecule has 14 nitrogen and oxygen atoms in total. The Labute approximate surface area is 213 Å². The predicted octanol–water partition coefficient (Wildman–Crippen LogP) is -1.82. The zero-order valence-corrected chi connectivity index (χ0v) is 20.8. The normalized spacial score (nSPS) is 24.1. The van der Waals surface area contributed by atoms with Crippen LogP contribution >= 0.6 is 23.5 Å². The fourth-order valence-electron chi connectivity index (χ4n) is 3.63. The highest BCUT2D eigenvalue weighted by molar-refractivity contribution is 8.00. The van der Waals surface area contributed by atoms with Gasteiger partial charge in [0.05, 0.1) is 5.37 Å². The van der Waals surface area contributed by atoms with Crippen LogP contribution in [0.15, 0.2) is 22.5 Å². The Morgan fingerprint density at radius 2 is 1.64 bits per heavy atom. The lowest BCUT2D eigenvalue weighted by Gasteiger charge is -2.49. The monoisotopic (exact) mass is 544 g/mol. The minimum Gasteiger partial charge on any atom is -0.477 e. The number of thioether (sulfide) groups is 2. The quantitative estimate of drug-likeness (QED) is 0.160. The predicted molar refractivity (Wildman–Crippen MR) is 125 cm³/mol. The number of amides is 2. The summed E-state index contributed by atoms with van der Waals surface area (Å²) in [5.74, 6) is -4.94. The van der Waals surface area contributed by atoms with Crippen LogP contribution in [-0.2, 0) is 38.2 Å². The molecule has 1 fully saturated rings. The van der Waals surface area contributed by atoms with Crippen LogP contribution in [-0.4, -0.2) is 98.4 Å². The first-order chi connectivity index (χ1) is 16.9. The fraction of sp³-hybridized carbons (Fsp3) is 0.500. The van der Waals surface area contributed by atoms with Gasteiger partial charge in [0.25, 0.3) is 5.91 Å². The highest BCUT2D eigenvalue weighted by Crippen LogP contribution is 2.40. The summed E-state index contributed by atoms with van der Waals surface area (Å²) >= 11 is 2.33. The van der Waals surface area contributed by atoms with E-state index in [1.165, 1.54) is 25.6 Å². The van der Waals surface area contributed by atoms with Crippen LogP contribution in [0, 0.1) is 0 Å². The number of aliphatic carboxylic acids is 2. The maximum absolute atomic E-state index is 12.8. The number of hydrogen-bond acceptors (Lipinski definition) is 12. The van der Waals surface area contributed by atoms with Gasteiger partial charge < -0.3 is 36.1 Å². The third-order valence-electron chi connectivity index (χ3n) is 5.37. The number of fused-ring (bicyclic) bond motifs is 1. The molecule has 0 bridgehead atoms. The van der Waals surface area contributed by atoms with Crippen molar-refractivity contribution < 1.29 is 48.5 Å². The number of carboxylic acids is 2. The largest absolute Gasteiger partial charge is 0.477 e. The summed E-state index contributed by atoms with van der Waals surface area (Å²) in [5, 5.41) is 22.7. The van der Waals surface area contributed by atoms with Crippen LogP contribution < -0.4 is 16.4 Å². The van der Waals surface area contributed by atoms with Gasteiger partial charge >= 0.3 is 23.9 Å². The van der Waals surface area contributed by atoms with Gasteiger partial charge in [0.1, 0.15) is 42.1 Å². The smallest absolute Gasteiger partial charge is 0.352 e. The molecular formula is C20H24N4O10S2. The molecule has 36 heavy (non-hydrogen) atoms. The van der Waals surface area contributed by atoms with Crippen LogP contribution in [0.5, 0.6) is 0 Å². The lowest BCUT2D eigenvalue weighted by Crippen LogP contribution is -2.72. The number of carbonyl (C=O) groups is 6. The topological polar surface area (TPSA) is 215 Å². The van der Waals surface area contributed by atoms with Crippen molar-refractivity contribution >= 4 is 59.2 Å². The Morgan fingerprint density at radius 1 is 1.06 bits per heavy atom. The van der Waals surface area contributed by atoms with Crippen LogP contribution in [0.2, 0.25) is 0 Å². The third kappa shape index (κ3) is 5.76. The maximum atomic E-state index is 12.8. The molecule has 16 heteroatoms. The third-order valence-corrected chi connectivity index (χ3v) is 7.99. The van der Waals surface area contributed by atoms with E-state index >= 15 is 0 Å². The van der Waals surface area contributed by atoms with Crippen LogP contribution in [0.3, 0.4) is 0 Å². The maximum Gasteiger partial charge on any atom is 0.352 e. The number of nitrogens with two attached hydrogens (primary N) is 1. The van der Waals surface area contributed by atoms with Crippen molar-refractivity contribution in [2.24, 2.45) is 5.73 Å². The van der Waals surface area contributed by atoms with Gasteiger partial charge in [-0.1, -0.05) is 0 Å². The standard InChI is InChI=1S/C20H24N4O10S2/c1-7(25)33-3-9-5-35-16(23-12(9)19(29)30)11(21)15(27)22-13-17(28)24-14(20(31)32)10(4-34-8(2)26)6-36-18(13)24/h11,13,16,18,23H,3-6,21H2,1-2H3,(H,22,27)(H,29,30)(H,31,32)/t11?,13-,16?,18-/m1/s1. The minimum atomic E-state index is -1.36. The molecule has 6 N–H and O–H groups in total. The second kappa shape index (κ2) is 11.2. The first-order valence-corrected chi connectivity index (χ1v) is 12.6. The van der Waals surface area contributed by atoms with E-state index in [-0.39, 0.29) is 41.7 Å². The SMILES string of the molecule is CC(=O)OCC1=C(C(=O)O)NC(C(N)C(=O)N[C@@H]2C(=O)N3C(C(=O)O)=C(COC(C)=O)CS[C@H]23)SC1. The van der Waals surface area contributed by atoms with E-state index in [2.05, 4.69) is 10.6 Å². The Morgan fingerprint density at radius 3 is 2.19 bits per heavy atom. The van der Waals surface area contributed by atoms with E-state index in [4.69, 9.17) is 15.2 Å². The number of nitrogens with zero attached hydrogens (tertiary/aromatic N) is 1. The minimum absolute atomic E-state index is 0.139. The van der Waals surface area contributed by atoms with Crippen molar-refractivity contribution in [1.29, 1.82) is 0 Å². The zero-order valence-electron chi connectivity index (χ0n) is 19.1. The van der Waals surface area contributed by atoms with Crippen LogP contribution in [0.1, 0.15) is 13.8 Å². The molecule has 0 saturated carbocycles. The number of hydrogen-bond donors (Lipinski definition) is 5. The molecule has 0 aromatic carbocycles. The van der Waals surface area contributed by atoms with Crippen molar-refractivity contribution in [3.63, 3.8) is 0 Å². The molecule has 2 amide bonds. The summed E-state index contributed by atoms with van der Waals surface area (Å²) in [7, 11) is 0. The Balaban J connectivity index is 1.66. The lowest BCUT2D eigenvalue weighted by atomic mass is 10.0. The molecule has 0 aromatic heterocycles. The van der Waals surface area contributed by atoms with Gasteiger partial charge in [-0.2, -0.15) is 0 Å². The molecule has 1 saturated heterocycles. The van der Waals surface area contributed by atoms with Gasteiger partial charge in [-0.15, -0.1) is 23.5 Å². The molecule has 0 spiro atoms. The molecule has 3 aliphatic heterocycles. The Kier molecular flexibility index (Phi) is 8.52. The van der Waals surface area contributed by atoms with E-state index < -0.39 is 58.5 Å². The van der Waals surface area contributed by atoms with Crippen molar-refractivity contribution in [1.82, 2.24) is 15.5 Å². The van der Waals surface area contributed by atoms with Gasteiger partial charge in [-0.05, 0) is 0 Å². The van der Waals surface area contributed by atoms with E-state index in [0.29, 0.717) is 5.57 Å². The molecule has 3 aliphatic rings. The van der Waals surface area contributed by atoms with E-state index in [9.17, 15) is 39.0 Å². The molecule has 0 radical (unpaired) electrons. The second-order valence-corrected chi connectivity index (χ2v) is 10.1. The Bertz CT molecular complexity index is 1070. The Hall–Kier alpha value is -3.24. The molecule has 0 aromatic rings. The molecule has 0 aliphatic carbocycles. The average Bonchev–Trinajstić information content (AvgIpc) is 2.82. The lowest BCUT2D eigenvalue weighted by molar-refractivity contribution is -0.151. The summed E-state index contributed by atoms with van der Waals surface area (Å²) in [6.45, 7) is 1.87. The number of esters is 2. The number of carbonyl (C=O) groups excluding carboxylic acids is 4. The molecule has 3 rings (SSSR count). The average molecular weight is 545 g/mol. The summed E-state index contributed by atoms with van der Waals surface area (Å²) in [6.07, 6.45) is 0. The number of ether oxygens (including phenoxy) is 2. The van der Waals surface area contributed by atoms with Crippen molar-refractivity contribution in [2.45, 2.75) is 36.7 Å². The number of β-lactam (4-membered cyclic amide) rings is 1. The second-order valence-electron chi connectivity index (χ2n) is 7.90. The van der Waals surface area contributed by atoms with Gasteiger partial charge in [-0.25, -0.2) is 9.59 Å². The first kappa shape index (κ1) is 27.3. The summed E-state index contributed by atoms with van der Waals surface area (Å²) in [5.41, 5.74) is 6.10. The number of carboxylic acid groups (broad SMARTS) is 2. The van der Waals surface area contributed by atoms with Gasteiger partial charge in [-0.3, -0.25) is 24.1 Å². The number of nitrogens with one attached hydrogen (secondary N) is 2. The number of rotatable bonds is 9. The molecule has 2 unspecified atom stereocenters. The van der Waals surface area contributed by atoms with Crippen LogP contribution in [0.25, 0.3) is 0 Å². The fourth-order valence-corrected chi connectivity index (χ4v) is 6.10. The van der Waals surface area contributed by atoms with Crippen molar-refractivity contribution in [3.8, 4) is 0 Å².